The molecule has 12 heavy (non-hydrogen) atoms. The van der Waals surface area contributed by atoms with Crippen LogP contribution in [0.5, 0.6) is 0 Å². The molecule has 0 saturated heterocycles. The lowest BCUT2D eigenvalue weighted by atomic mass is 9.95. The second kappa shape index (κ2) is 3.57. The molecule has 1 atom stereocenters. The zero-order chi connectivity index (χ0) is 9.99. The fourth-order valence-electron chi connectivity index (χ4n) is 0.764. The van der Waals surface area contributed by atoms with Gasteiger partial charge in [-0.2, -0.15) is 13.2 Å². The molecule has 0 radical (unpaired) electrons. The molecule has 3 N–H and O–H groups in total. The molecule has 0 aliphatic heterocycles. The molecular formula is C6H10F3NOS. The summed E-state index contributed by atoms with van der Waals surface area (Å²) < 4.78 is 36.5. The predicted octanol–water partition coefficient (Wildman–Crippen LogP) is 1.93. The van der Waals surface area contributed by atoms with Crippen molar-refractivity contribution in [1.29, 1.82) is 0 Å². The minimum absolute atomic E-state index is 0.205. The molecular weight excluding hydrogens is 191 g/mol. The van der Waals surface area contributed by atoms with E-state index in [0.29, 0.717) is 0 Å². The number of alkyl halides is 3. The van der Waals surface area contributed by atoms with E-state index in [9.17, 15) is 13.2 Å². The Bertz CT molecular complexity index is 182. The van der Waals surface area contributed by atoms with Crippen LogP contribution in [0.25, 0.3) is 0 Å². The summed E-state index contributed by atoms with van der Waals surface area (Å²) in [6, 6.07) is 0. The third kappa shape index (κ3) is 2.07. The van der Waals surface area contributed by atoms with Crippen LogP contribution in [0.2, 0.25) is 0 Å². The van der Waals surface area contributed by atoms with Gasteiger partial charge in [-0.15, -0.1) is 0 Å². The maximum atomic E-state index is 12.2. The van der Waals surface area contributed by atoms with Gasteiger partial charge in [0.25, 0.3) is 0 Å². The Kier molecular flexibility index (Phi) is 3.46. The molecule has 6 heteroatoms. The van der Waals surface area contributed by atoms with Crippen LogP contribution in [-0.2, 0) is 0 Å². The van der Waals surface area contributed by atoms with Gasteiger partial charge in [0, 0.05) is 0 Å². The summed E-state index contributed by atoms with van der Waals surface area (Å²) in [5, 5.41) is 7.43. The molecule has 0 heterocycles. The zero-order valence-electron chi connectivity index (χ0n) is 6.48. The maximum absolute atomic E-state index is 12.2. The smallest absolute Gasteiger partial charge is 0.414 e. The van der Waals surface area contributed by atoms with E-state index < -0.39 is 23.2 Å². The Morgan fingerprint density at radius 2 is 1.92 bits per heavy atom. The first-order valence-electron chi connectivity index (χ1n) is 3.34. The fraction of sp³-hybridized carbons (Fsp3) is 0.833. The van der Waals surface area contributed by atoms with Crippen LogP contribution < -0.4 is 5.73 Å². The zero-order valence-corrected chi connectivity index (χ0v) is 7.30. The summed E-state index contributed by atoms with van der Waals surface area (Å²) >= 11 is 4.05. The van der Waals surface area contributed by atoms with Crippen molar-refractivity contribution in [3.8, 4) is 0 Å². The maximum Gasteiger partial charge on any atom is 0.414 e. The highest BCUT2D eigenvalue weighted by Crippen LogP contribution is 2.32. The molecule has 1 unspecified atom stereocenters. The summed E-state index contributed by atoms with van der Waals surface area (Å²) in [7, 11) is 0. The number of hydrogen-bond acceptors (Lipinski definition) is 2. The molecule has 0 aromatic rings. The third-order valence-electron chi connectivity index (χ3n) is 1.53. The number of nitrogens with two attached hydrogens (primary N) is 1. The Morgan fingerprint density at radius 1 is 1.50 bits per heavy atom. The lowest BCUT2D eigenvalue weighted by Gasteiger charge is -2.28. The lowest BCUT2D eigenvalue weighted by Crippen LogP contribution is -2.58. The Morgan fingerprint density at radius 3 is 2.00 bits per heavy atom. The number of aliphatic hydroxyl groups excluding tert-OH is 1. The minimum Gasteiger partial charge on any atom is -0.500 e. The first-order chi connectivity index (χ1) is 5.25. The Balaban J connectivity index is 4.75. The number of hydrogen-bond donors (Lipinski definition) is 2. The van der Waals surface area contributed by atoms with Crippen molar-refractivity contribution in [2.24, 2.45) is 5.73 Å². The van der Waals surface area contributed by atoms with Gasteiger partial charge in [0.2, 0.25) is 0 Å². The van der Waals surface area contributed by atoms with Gasteiger partial charge in [-0.3, -0.25) is 0 Å². The molecule has 0 aromatic carbocycles. The average Bonchev–Trinajstić information content (AvgIpc) is 1.85. The van der Waals surface area contributed by atoms with Gasteiger partial charge < -0.3 is 10.8 Å². The van der Waals surface area contributed by atoms with Gasteiger partial charge in [-0.05, 0) is 18.6 Å². The van der Waals surface area contributed by atoms with E-state index in [1.54, 1.807) is 0 Å². The van der Waals surface area contributed by atoms with Crippen LogP contribution in [0.4, 0.5) is 13.2 Å². The predicted molar refractivity (Wildman–Crippen MR) is 43.1 cm³/mol. The molecule has 0 aliphatic carbocycles. The Hall–Kier alpha value is -0.360. The molecule has 0 fully saturated rings. The highest BCUT2D eigenvalue weighted by molar-refractivity contribution is 7.80. The summed E-state index contributed by atoms with van der Waals surface area (Å²) in [4.78, 5) is 0. The van der Waals surface area contributed by atoms with Crippen LogP contribution in [0, 0.1) is 0 Å². The van der Waals surface area contributed by atoms with Crippen molar-refractivity contribution in [1.82, 2.24) is 0 Å². The van der Waals surface area contributed by atoms with Crippen molar-refractivity contribution in [3.63, 3.8) is 0 Å². The number of thiocarbonyl (C=S) groups is 1. The summed E-state index contributed by atoms with van der Waals surface area (Å²) in [6.45, 7) is 1.53. The van der Waals surface area contributed by atoms with Crippen LogP contribution in [-0.4, -0.2) is 21.9 Å². The van der Waals surface area contributed by atoms with Gasteiger partial charge in [0.15, 0.2) is 10.6 Å². The van der Waals surface area contributed by atoms with Crippen molar-refractivity contribution in [3.05, 3.63) is 0 Å². The highest BCUT2D eigenvalue weighted by Gasteiger charge is 2.54. The first kappa shape index (κ1) is 11.6. The number of rotatable bonds is 3. The molecule has 0 amide bonds. The van der Waals surface area contributed by atoms with Gasteiger partial charge in [-0.25, -0.2) is 0 Å². The van der Waals surface area contributed by atoms with Crippen LogP contribution in [0.1, 0.15) is 19.8 Å². The second-order valence-electron chi connectivity index (χ2n) is 2.52. The normalized spacial score (nSPS) is 17.1. The number of halogens is 3. The lowest BCUT2D eigenvalue weighted by molar-refractivity contribution is -0.169. The first-order valence-corrected chi connectivity index (χ1v) is 3.75. The summed E-state index contributed by atoms with van der Waals surface area (Å²) in [5.74, 6) is 0. The molecule has 0 aromatic heterocycles. The van der Waals surface area contributed by atoms with E-state index in [1.165, 1.54) is 6.92 Å². The van der Waals surface area contributed by atoms with Crippen molar-refractivity contribution < 1.29 is 18.3 Å². The van der Waals surface area contributed by atoms with Crippen LogP contribution >= 0.6 is 12.2 Å². The molecule has 2 nitrogen and oxygen atoms in total. The summed E-state index contributed by atoms with van der Waals surface area (Å²) in [5.41, 5.74) is 2.19. The quantitative estimate of drug-likeness (QED) is 0.686. The van der Waals surface area contributed by atoms with E-state index in [0.717, 1.165) is 0 Å². The van der Waals surface area contributed by atoms with Gasteiger partial charge in [-0.1, -0.05) is 13.3 Å². The highest BCUT2D eigenvalue weighted by atomic mass is 32.1. The SMILES string of the molecule is CCCC(N)(C(O)=S)C(F)(F)F. The van der Waals surface area contributed by atoms with Gasteiger partial charge >= 0.3 is 6.18 Å². The molecule has 0 rings (SSSR count). The van der Waals surface area contributed by atoms with E-state index in [4.69, 9.17) is 10.8 Å². The van der Waals surface area contributed by atoms with E-state index in [-0.39, 0.29) is 6.42 Å². The molecule has 0 spiro atoms. The summed E-state index contributed by atoms with van der Waals surface area (Å²) in [6.07, 6.45) is -4.88. The van der Waals surface area contributed by atoms with Crippen LogP contribution in [0.3, 0.4) is 0 Å². The average molecular weight is 201 g/mol. The third-order valence-corrected chi connectivity index (χ3v) is 1.90. The topological polar surface area (TPSA) is 46.2 Å². The van der Waals surface area contributed by atoms with E-state index in [2.05, 4.69) is 12.2 Å². The number of aliphatic hydroxyl groups is 1. The monoisotopic (exact) mass is 201 g/mol. The Labute approximate surface area is 73.6 Å². The molecule has 0 aliphatic rings. The van der Waals surface area contributed by atoms with Gasteiger partial charge in [0.1, 0.15) is 0 Å². The van der Waals surface area contributed by atoms with Crippen molar-refractivity contribution >= 4 is 17.3 Å². The van der Waals surface area contributed by atoms with Crippen molar-refractivity contribution in [2.75, 3.05) is 0 Å². The standard InChI is InChI=1S/C6H10F3NOS/c1-2-3-5(10,4(11)12)6(7,8)9/h2-3,10H2,1H3,(H,11,12). The van der Waals surface area contributed by atoms with Crippen LogP contribution in [0.15, 0.2) is 0 Å². The van der Waals surface area contributed by atoms with Gasteiger partial charge in [0.05, 0.1) is 0 Å². The van der Waals surface area contributed by atoms with E-state index >= 15 is 0 Å². The molecule has 0 saturated carbocycles. The second-order valence-corrected chi connectivity index (χ2v) is 2.91. The fourth-order valence-corrected chi connectivity index (χ4v) is 0.982. The molecule has 72 valence electrons. The largest absolute Gasteiger partial charge is 0.500 e. The van der Waals surface area contributed by atoms with E-state index in [1.807, 2.05) is 0 Å². The minimum atomic E-state index is -4.69. The van der Waals surface area contributed by atoms with Crippen molar-refractivity contribution in [2.45, 2.75) is 31.5 Å². The molecule has 0 bridgehead atoms.